The highest BCUT2D eigenvalue weighted by Gasteiger charge is 2.48. The normalized spacial score (nSPS) is 24.5. The third-order valence-electron chi connectivity index (χ3n) is 3.47. The minimum absolute atomic E-state index is 0.174. The number of esters is 1. The second-order valence-corrected chi connectivity index (χ2v) is 5.05. The van der Waals surface area contributed by atoms with Gasteiger partial charge in [0.25, 0.3) is 5.91 Å². The number of halogens is 1. The molecular weight excluding hydrogens is 270 g/mol. The predicted molar refractivity (Wildman–Crippen MR) is 67.3 cm³/mol. The maximum absolute atomic E-state index is 12.5. The predicted octanol–water partition coefficient (Wildman–Crippen LogP) is 1.49. The summed E-state index contributed by atoms with van der Waals surface area (Å²) < 4.78 is 10.2. The highest BCUT2D eigenvalue weighted by atomic mass is 35.5. The van der Waals surface area contributed by atoms with Crippen molar-refractivity contribution in [3.05, 3.63) is 28.8 Å². The Morgan fingerprint density at radius 2 is 2.32 bits per heavy atom. The van der Waals surface area contributed by atoms with E-state index in [0.717, 1.165) is 0 Å². The summed E-state index contributed by atoms with van der Waals surface area (Å²) in [7, 11) is 1.49. The van der Waals surface area contributed by atoms with Crippen LogP contribution in [-0.2, 0) is 9.53 Å². The molecule has 2 aliphatic heterocycles. The number of carbonyl (C=O) groups is 2. The van der Waals surface area contributed by atoms with Crippen molar-refractivity contribution in [2.75, 3.05) is 13.7 Å². The molecule has 0 spiro atoms. The standard InChI is InChI=1S/C13H12ClNO4/c1-18-11-3-2-7(14)4-9(11)12(16)15-6-8-5-10(15)13(17)19-8/h2-4,8,10H,5-6H2,1H3/t8-,10-/m1/s1. The van der Waals surface area contributed by atoms with Gasteiger partial charge in [0.1, 0.15) is 17.9 Å². The Hall–Kier alpha value is -1.75. The van der Waals surface area contributed by atoms with Crippen LogP contribution in [0.5, 0.6) is 5.75 Å². The van der Waals surface area contributed by atoms with Gasteiger partial charge in [-0.15, -0.1) is 0 Å². The Labute approximate surface area is 115 Å². The fourth-order valence-corrected chi connectivity index (χ4v) is 2.75. The first-order valence-electron chi connectivity index (χ1n) is 5.95. The lowest BCUT2D eigenvalue weighted by molar-refractivity contribution is -0.149. The van der Waals surface area contributed by atoms with Gasteiger partial charge >= 0.3 is 5.97 Å². The zero-order valence-corrected chi connectivity index (χ0v) is 11.0. The Morgan fingerprint density at radius 3 is 2.95 bits per heavy atom. The number of nitrogens with zero attached hydrogens (tertiary/aromatic N) is 1. The molecule has 1 aromatic carbocycles. The van der Waals surface area contributed by atoms with Gasteiger partial charge in [0, 0.05) is 11.4 Å². The molecule has 100 valence electrons. The van der Waals surface area contributed by atoms with Gasteiger partial charge in [-0.1, -0.05) is 11.6 Å². The van der Waals surface area contributed by atoms with Gasteiger partial charge in [-0.25, -0.2) is 4.79 Å². The fourth-order valence-electron chi connectivity index (χ4n) is 2.58. The molecule has 2 saturated heterocycles. The minimum Gasteiger partial charge on any atom is -0.496 e. The first-order chi connectivity index (χ1) is 9.10. The van der Waals surface area contributed by atoms with E-state index in [4.69, 9.17) is 21.1 Å². The Kier molecular flexibility index (Phi) is 2.86. The van der Waals surface area contributed by atoms with Crippen LogP contribution in [0.3, 0.4) is 0 Å². The molecular formula is C13H12ClNO4. The summed E-state index contributed by atoms with van der Waals surface area (Å²) in [6, 6.07) is 4.38. The summed E-state index contributed by atoms with van der Waals surface area (Å²) in [4.78, 5) is 25.6. The zero-order valence-electron chi connectivity index (χ0n) is 10.3. The quantitative estimate of drug-likeness (QED) is 0.771. The van der Waals surface area contributed by atoms with Gasteiger partial charge in [-0.2, -0.15) is 0 Å². The molecule has 0 N–H and O–H groups in total. The molecule has 0 radical (unpaired) electrons. The maximum Gasteiger partial charge on any atom is 0.329 e. The fraction of sp³-hybridized carbons (Fsp3) is 0.385. The first-order valence-corrected chi connectivity index (χ1v) is 6.33. The first kappa shape index (κ1) is 12.3. The number of rotatable bonds is 2. The van der Waals surface area contributed by atoms with Crippen molar-refractivity contribution in [2.45, 2.75) is 18.6 Å². The number of hydrogen-bond acceptors (Lipinski definition) is 4. The molecule has 2 fully saturated rings. The largest absolute Gasteiger partial charge is 0.496 e. The summed E-state index contributed by atoms with van der Waals surface area (Å²) in [5.41, 5.74) is 0.371. The second kappa shape index (κ2) is 4.42. The van der Waals surface area contributed by atoms with Crippen molar-refractivity contribution in [1.29, 1.82) is 0 Å². The average molecular weight is 282 g/mol. The van der Waals surface area contributed by atoms with E-state index in [1.807, 2.05) is 0 Å². The van der Waals surface area contributed by atoms with Crippen LogP contribution in [-0.4, -0.2) is 42.6 Å². The van der Waals surface area contributed by atoms with Crippen molar-refractivity contribution in [3.63, 3.8) is 0 Å². The third-order valence-corrected chi connectivity index (χ3v) is 3.71. The minimum atomic E-state index is -0.471. The molecule has 2 atom stereocenters. The molecule has 2 heterocycles. The van der Waals surface area contributed by atoms with E-state index in [-0.39, 0.29) is 18.0 Å². The van der Waals surface area contributed by atoms with Gasteiger partial charge in [-0.05, 0) is 18.2 Å². The van der Waals surface area contributed by atoms with Gasteiger partial charge in [0.05, 0.1) is 19.2 Å². The monoisotopic (exact) mass is 281 g/mol. The number of ether oxygens (including phenoxy) is 2. The highest BCUT2D eigenvalue weighted by Crippen LogP contribution is 2.32. The van der Waals surface area contributed by atoms with Crippen LogP contribution in [0, 0.1) is 0 Å². The van der Waals surface area contributed by atoms with E-state index >= 15 is 0 Å². The molecule has 2 aliphatic rings. The molecule has 1 aromatic rings. The van der Waals surface area contributed by atoms with E-state index in [2.05, 4.69) is 0 Å². The van der Waals surface area contributed by atoms with Crippen LogP contribution >= 0.6 is 11.6 Å². The number of methoxy groups -OCH3 is 1. The smallest absolute Gasteiger partial charge is 0.329 e. The highest BCUT2D eigenvalue weighted by molar-refractivity contribution is 6.31. The van der Waals surface area contributed by atoms with Crippen LogP contribution in [0.15, 0.2) is 18.2 Å². The Bertz CT molecular complexity index is 560. The van der Waals surface area contributed by atoms with E-state index < -0.39 is 6.04 Å². The van der Waals surface area contributed by atoms with Crippen LogP contribution < -0.4 is 4.74 Å². The number of likely N-dealkylation sites (tertiary alicyclic amines) is 1. The van der Waals surface area contributed by atoms with Crippen LogP contribution in [0.1, 0.15) is 16.8 Å². The Balaban J connectivity index is 1.92. The van der Waals surface area contributed by atoms with E-state index in [9.17, 15) is 9.59 Å². The van der Waals surface area contributed by atoms with Gasteiger partial charge in [0.15, 0.2) is 0 Å². The molecule has 0 aromatic heterocycles. The average Bonchev–Trinajstić information content (AvgIpc) is 2.96. The van der Waals surface area contributed by atoms with Crippen molar-refractivity contribution >= 4 is 23.5 Å². The number of benzene rings is 1. The summed E-state index contributed by atoms with van der Waals surface area (Å²) in [6.45, 7) is 0.435. The summed E-state index contributed by atoms with van der Waals surface area (Å²) in [5.74, 6) is -0.125. The van der Waals surface area contributed by atoms with Gasteiger partial charge < -0.3 is 14.4 Å². The number of morpholine rings is 1. The molecule has 2 bridgehead atoms. The number of amides is 1. The number of hydrogen-bond donors (Lipinski definition) is 0. The van der Waals surface area contributed by atoms with E-state index in [1.165, 1.54) is 12.0 Å². The molecule has 1 amide bonds. The SMILES string of the molecule is COc1ccc(Cl)cc1C(=O)N1C[C@H]2C[C@@H]1C(=O)O2. The van der Waals surface area contributed by atoms with E-state index in [1.54, 1.807) is 18.2 Å². The van der Waals surface area contributed by atoms with Crippen molar-refractivity contribution < 1.29 is 19.1 Å². The summed E-state index contributed by atoms with van der Waals surface area (Å²) in [5, 5.41) is 0.455. The molecule has 3 rings (SSSR count). The lowest BCUT2D eigenvalue weighted by atomic mass is 10.1. The molecule has 0 unspecified atom stereocenters. The van der Waals surface area contributed by atoms with Gasteiger partial charge in [0.2, 0.25) is 0 Å². The third kappa shape index (κ3) is 1.94. The number of carbonyl (C=O) groups excluding carboxylic acids is 2. The van der Waals surface area contributed by atoms with Crippen molar-refractivity contribution in [3.8, 4) is 5.75 Å². The van der Waals surface area contributed by atoms with Crippen LogP contribution in [0.25, 0.3) is 0 Å². The summed E-state index contributed by atoms with van der Waals surface area (Å²) in [6.07, 6.45) is 0.402. The van der Waals surface area contributed by atoms with Crippen LogP contribution in [0.2, 0.25) is 5.02 Å². The van der Waals surface area contributed by atoms with Crippen molar-refractivity contribution in [1.82, 2.24) is 4.90 Å². The lowest BCUT2D eigenvalue weighted by Gasteiger charge is -2.26. The molecule has 0 aliphatic carbocycles. The second-order valence-electron chi connectivity index (χ2n) is 4.61. The summed E-state index contributed by atoms with van der Waals surface area (Å²) >= 11 is 5.91. The van der Waals surface area contributed by atoms with Crippen molar-refractivity contribution in [2.24, 2.45) is 0 Å². The van der Waals surface area contributed by atoms with Crippen LogP contribution in [0.4, 0.5) is 0 Å². The maximum atomic E-state index is 12.5. The topological polar surface area (TPSA) is 55.8 Å². The molecule has 0 saturated carbocycles. The Morgan fingerprint density at radius 1 is 1.53 bits per heavy atom. The molecule has 5 nitrogen and oxygen atoms in total. The zero-order chi connectivity index (χ0) is 13.6. The molecule has 19 heavy (non-hydrogen) atoms. The number of fused-ring (bicyclic) bond motifs is 2. The lowest BCUT2D eigenvalue weighted by Crippen LogP contribution is -2.44. The van der Waals surface area contributed by atoms with Gasteiger partial charge in [-0.3, -0.25) is 4.79 Å². The molecule has 6 heteroatoms. The van der Waals surface area contributed by atoms with E-state index in [0.29, 0.717) is 29.3 Å².